The van der Waals surface area contributed by atoms with Crippen LogP contribution in [0.2, 0.25) is 0 Å². The molecule has 0 aliphatic carbocycles. The lowest BCUT2D eigenvalue weighted by Crippen LogP contribution is -2.43. The largest absolute Gasteiger partial charge is 0.379 e. The van der Waals surface area contributed by atoms with Crippen molar-refractivity contribution in [1.82, 2.24) is 9.62 Å². The SMILES string of the molecule is CC(=O)Nc1ccc(S(=O)(=O)NCC(c2ccsc2)N2CCOCC2)cc1F. The Labute approximate surface area is 167 Å². The third kappa shape index (κ3) is 5.15. The summed E-state index contributed by atoms with van der Waals surface area (Å²) in [6, 6.07) is 5.26. The molecule has 0 saturated carbocycles. The van der Waals surface area contributed by atoms with E-state index in [1.54, 1.807) is 11.3 Å². The number of nitrogens with zero attached hydrogens (tertiary/aromatic N) is 1. The number of nitrogens with one attached hydrogen (secondary N) is 2. The second kappa shape index (κ2) is 9.10. The summed E-state index contributed by atoms with van der Waals surface area (Å²) in [6.07, 6.45) is 0. The smallest absolute Gasteiger partial charge is 0.240 e. The van der Waals surface area contributed by atoms with Crippen molar-refractivity contribution in [2.75, 3.05) is 38.2 Å². The summed E-state index contributed by atoms with van der Waals surface area (Å²) < 4.78 is 47.4. The minimum absolute atomic E-state index is 0.0593. The van der Waals surface area contributed by atoms with Crippen LogP contribution in [-0.4, -0.2) is 52.1 Å². The average molecular weight is 428 g/mol. The highest BCUT2D eigenvalue weighted by Gasteiger charge is 2.25. The molecule has 1 fully saturated rings. The van der Waals surface area contributed by atoms with Crippen LogP contribution in [0.1, 0.15) is 18.5 Å². The van der Waals surface area contributed by atoms with Crippen molar-refractivity contribution in [3.05, 3.63) is 46.4 Å². The van der Waals surface area contributed by atoms with Gasteiger partial charge in [0.15, 0.2) is 0 Å². The van der Waals surface area contributed by atoms with Gasteiger partial charge in [-0.3, -0.25) is 9.69 Å². The summed E-state index contributed by atoms with van der Waals surface area (Å²) in [4.78, 5) is 13.1. The summed E-state index contributed by atoms with van der Waals surface area (Å²) in [5, 5.41) is 6.27. The quantitative estimate of drug-likeness (QED) is 0.707. The molecule has 152 valence electrons. The number of carbonyl (C=O) groups excluding carboxylic acids is 1. The lowest BCUT2D eigenvalue weighted by Gasteiger charge is -2.34. The summed E-state index contributed by atoms with van der Waals surface area (Å²) in [6.45, 7) is 4.03. The molecule has 7 nitrogen and oxygen atoms in total. The van der Waals surface area contributed by atoms with Crippen LogP contribution >= 0.6 is 11.3 Å². The van der Waals surface area contributed by atoms with E-state index >= 15 is 0 Å². The predicted molar refractivity (Wildman–Crippen MR) is 105 cm³/mol. The molecule has 1 aromatic carbocycles. The molecule has 1 atom stereocenters. The molecule has 1 aromatic heterocycles. The van der Waals surface area contributed by atoms with Gasteiger partial charge < -0.3 is 10.1 Å². The number of anilines is 1. The van der Waals surface area contributed by atoms with Crippen molar-refractivity contribution in [3.63, 3.8) is 0 Å². The zero-order chi connectivity index (χ0) is 20.1. The van der Waals surface area contributed by atoms with Crippen LogP contribution in [0.15, 0.2) is 39.9 Å². The number of amides is 1. The summed E-state index contributed by atoms with van der Waals surface area (Å²) in [5.74, 6) is -1.24. The number of benzene rings is 1. The van der Waals surface area contributed by atoms with Crippen molar-refractivity contribution >= 4 is 33.0 Å². The molecule has 2 N–H and O–H groups in total. The molecule has 0 spiro atoms. The van der Waals surface area contributed by atoms with Crippen molar-refractivity contribution in [1.29, 1.82) is 0 Å². The zero-order valence-electron chi connectivity index (χ0n) is 15.4. The van der Waals surface area contributed by atoms with Gasteiger partial charge in [0.05, 0.1) is 23.8 Å². The highest BCUT2D eigenvalue weighted by Crippen LogP contribution is 2.25. The van der Waals surface area contributed by atoms with Crippen LogP contribution in [0, 0.1) is 5.82 Å². The summed E-state index contributed by atoms with van der Waals surface area (Å²) in [7, 11) is -3.91. The van der Waals surface area contributed by atoms with Crippen molar-refractivity contribution < 1.29 is 22.3 Å². The first-order valence-corrected chi connectivity index (χ1v) is 11.2. The molecule has 10 heteroatoms. The Morgan fingerprint density at radius 3 is 2.68 bits per heavy atom. The van der Waals surface area contributed by atoms with Crippen molar-refractivity contribution in [2.45, 2.75) is 17.9 Å². The minimum Gasteiger partial charge on any atom is -0.379 e. The highest BCUT2D eigenvalue weighted by atomic mass is 32.2. The molecule has 28 heavy (non-hydrogen) atoms. The fraction of sp³-hybridized carbons (Fsp3) is 0.389. The number of hydrogen-bond donors (Lipinski definition) is 2. The van der Waals surface area contributed by atoms with Crippen molar-refractivity contribution in [3.8, 4) is 0 Å². The number of ether oxygens (including phenoxy) is 1. The fourth-order valence-corrected chi connectivity index (χ4v) is 4.79. The van der Waals surface area contributed by atoms with Gasteiger partial charge in [-0.25, -0.2) is 17.5 Å². The summed E-state index contributed by atoms with van der Waals surface area (Å²) >= 11 is 1.55. The molecule has 1 aliphatic rings. The maximum Gasteiger partial charge on any atom is 0.240 e. The average Bonchev–Trinajstić information content (AvgIpc) is 3.18. The van der Waals surface area contributed by atoms with Crippen LogP contribution in [0.3, 0.4) is 0 Å². The van der Waals surface area contributed by atoms with Crippen LogP contribution in [-0.2, 0) is 19.6 Å². The van der Waals surface area contributed by atoms with E-state index in [4.69, 9.17) is 4.74 Å². The number of morpholine rings is 1. The molecule has 1 unspecified atom stereocenters. The highest BCUT2D eigenvalue weighted by molar-refractivity contribution is 7.89. The lowest BCUT2D eigenvalue weighted by atomic mass is 10.1. The maximum absolute atomic E-state index is 14.1. The van der Waals surface area contributed by atoms with Crippen LogP contribution in [0.5, 0.6) is 0 Å². The number of carbonyl (C=O) groups is 1. The van der Waals surface area contributed by atoms with E-state index in [2.05, 4.69) is 14.9 Å². The van der Waals surface area contributed by atoms with Gasteiger partial charge in [-0.2, -0.15) is 11.3 Å². The zero-order valence-corrected chi connectivity index (χ0v) is 17.0. The monoisotopic (exact) mass is 427 g/mol. The molecular formula is C18H22FN3O4S2. The molecule has 1 amide bonds. The van der Waals surface area contributed by atoms with Gasteiger partial charge in [-0.05, 0) is 40.6 Å². The Morgan fingerprint density at radius 2 is 2.07 bits per heavy atom. The predicted octanol–water partition coefficient (Wildman–Crippen LogP) is 2.20. The standard InChI is InChI=1S/C18H22FN3O4S2/c1-13(23)21-17-3-2-15(10-16(17)19)28(24,25)20-11-18(14-4-9-27-12-14)22-5-7-26-8-6-22/h2-4,9-10,12,18,20H,5-8,11H2,1H3,(H,21,23). The Morgan fingerprint density at radius 1 is 1.32 bits per heavy atom. The van der Waals surface area contributed by atoms with Crippen molar-refractivity contribution in [2.24, 2.45) is 0 Å². The fourth-order valence-electron chi connectivity index (χ4n) is 3.04. The first-order chi connectivity index (χ1) is 13.4. The second-order valence-electron chi connectivity index (χ2n) is 6.40. The van der Waals surface area contributed by atoms with E-state index in [-0.39, 0.29) is 23.2 Å². The topological polar surface area (TPSA) is 87.7 Å². The third-order valence-corrected chi connectivity index (χ3v) is 6.57. The summed E-state index contributed by atoms with van der Waals surface area (Å²) in [5.41, 5.74) is 0.970. The Hall–Kier alpha value is -1.85. The third-order valence-electron chi connectivity index (χ3n) is 4.44. The molecule has 0 radical (unpaired) electrons. The van der Waals surface area contributed by atoms with Gasteiger partial charge in [0.25, 0.3) is 0 Å². The Bertz CT molecular complexity index is 913. The van der Waals surface area contributed by atoms with E-state index < -0.39 is 21.7 Å². The first kappa shape index (κ1) is 20.9. The van der Waals surface area contributed by atoms with Gasteiger partial charge in [-0.1, -0.05) is 0 Å². The molecule has 2 heterocycles. The number of thiophene rings is 1. The van der Waals surface area contributed by atoms with Gasteiger partial charge in [0, 0.05) is 32.6 Å². The first-order valence-electron chi connectivity index (χ1n) is 8.77. The van der Waals surface area contributed by atoms with E-state index in [1.165, 1.54) is 19.1 Å². The molecule has 1 aliphatic heterocycles. The van der Waals surface area contributed by atoms with Crippen LogP contribution in [0.4, 0.5) is 10.1 Å². The number of rotatable bonds is 7. The Kier molecular flexibility index (Phi) is 6.78. The van der Waals surface area contributed by atoms with E-state index in [0.29, 0.717) is 26.3 Å². The van der Waals surface area contributed by atoms with Crippen LogP contribution < -0.4 is 10.0 Å². The number of sulfonamides is 1. The molecule has 0 bridgehead atoms. The molecule has 1 saturated heterocycles. The normalized spacial score (nSPS) is 16.6. The van der Waals surface area contributed by atoms with Gasteiger partial charge in [-0.15, -0.1) is 0 Å². The van der Waals surface area contributed by atoms with Gasteiger partial charge in [0.1, 0.15) is 5.82 Å². The van der Waals surface area contributed by atoms with Gasteiger partial charge >= 0.3 is 0 Å². The van der Waals surface area contributed by atoms with Crippen LogP contribution in [0.25, 0.3) is 0 Å². The van der Waals surface area contributed by atoms with E-state index in [9.17, 15) is 17.6 Å². The minimum atomic E-state index is -3.91. The Balaban J connectivity index is 1.75. The number of halogens is 1. The molecular weight excluding hydrogens is 405 g/mol. The lowest BCUT2D eigenvalue weighted by molar-refractivity contribution is -0.114. The molecule has 3 rings (SSSR count). The molecule has 2 aromatic rings. The maximum atomic E-state index is 14.1. The van der Waals surface area contributed by atoms with Gasteiger partial charge in [0.2, 0.25) is 15.9 Å². The second-order valence-corrected chi connectivity index (χ2v) is 8.94. The van der Waals surface area contributed by atoms with E-state index in [0.717, 1.165) is 11.6 Å². The number of hydrogen-bond acceptors (Lipinski definition) is 6. The van der Waals surface area contributed by atoms with E-state index in [1.807, 2.05) is 16.8 Å².